The Balaban J connectivity index is 1.95. The number of carboxylic acids is 1. The first-order chi connectivity index (χ1) is 8.69. The molecule has 4 atom stereocenters. The second-order valence-corrected chi connectivity index (χ2v) is 6.44. The molecule has 3 aliphatic rings. The van der Waals surface area contributed by atoms with Crippen LogP contribution in [0.15, 0.2) is 0 Å². The number of aliphatic carboxylic acids is 1. The molecule has 3 rings (SSSR count). The van der Waals surface area contributed by atoms with E-state index >= 15 is 0 Å². The Morgan fingerprint density at radius 3 is 2.58 bits per heavy atom. The fraction of sp³-hybridized carbons (Fsp3) is 0.846. The lowest BCUT2D eigenvalue weighted by Gasteiger charge is -2.39. The second-order valence-electron chi connectivity index (χ2n) is 6.44. The van der Waals surface area contributed by atoms with Crippen LogP contribution in [0.25, 0.3) is 0 Å². The molecule has 0 spiro atoms. The summed E-state index contributed by atoms with van der Waals surface area (Å²) < 4.78 is 5.32. The lowest BCUT2D eigenvalue weighted by Crippen LogP contribution is -2.48. The molecule has 1 aliphatic carbocycles. The molecular weight excluding hydrogens is 250 g/mol. The van der Waals surface area contributed by atoms with Crippen LogP contribution in [0.5, 0.6) is 0 Å². The van der Waals surface area contributed by atoms with Crippen LogP contribution >= 0.6 is 0 Å². The predicted molar refractivity (Wildman–Crippen MR) is 66.6 cm³/mol. The Labute approximate surface area is 112 Å². The molecule has 2 bridgehead atoms. The van der Waals surface area contributed by atoms with Crippen LogP contribution < -0.4 is 0 Å². The second kappa shape index (κ2) is 4.67. The van der Waals surface area contributed by atoms with Crippen molar-refractivity contribution in [3.63, 3.8) is 0 Å². The molecule has 1 amide bonds. The number of carbonyl (C=O) groups is 2. The molecule has 2 N–H and O–H groups in total. The maximum absolute atomic E-state index is 12.0. The average molecular weight is 271 g/mol. The number of rotatable bonds is 3. The summed E-state index contributed by atoms with van der Waals surface area (Å²) in [5.41, 5.74) is -0.542. The van der Waals surface area contributed by atoms with Crippen molar-refractivity contribution in [3.05, 3.63) is 0 Å². The standard InChI is InChI=1S/C13H21NO5/c1-13(2,3)19-12(18)14-6-7-4-8(14)11(7)9(15)5-10(16)17/h7-9,11,15H,4-6H2,1-3H3,(H,16,17)/t7-,8-,9-,11?/m0/s1. The van der Waals surface area contributed by atoms with Crippen LogP contribution in [-0.2, 0) is 9.53 Å². The molecule has 1 unspecified atom stereocenters. The summed E-state index contributed by atoms with van der Waals surface area (Å²) >= 11 is 0. The Kier molecular flexibility index (Phi) is 3.47. The summed E-state index contributed by atoms with van der Waals surface area (Å²) in [5.74, 6) is -0.932. The Morgan fingerprint density at radius 1 is 1.42 bits per heavy atom. The van der Waals surface area contributed by atoms with E-state index in [0.29, 0.717) is 6.54 Å². The molecule has 6 heteroatoms. The van der Waals surface area contributed by atoms with Gasteiger partial charge in [-0.15, -0.1) is 0 Å². The summed E-state index contributed by atoms with van der Waals surface area (Å²) in [7, 11) is 0. The lowest BCUT2D eigenvalue weighted by atomic mass is 9.70. The van der Waals surface area contributed by atoms with E-state index in [0.717, 1.165) is 6.42 Å². The number of fused-ring (bicyclic) bond motifs is 1. The van der Waals surface area contributed by atoms with Crippen LogP contribution in [-0.4, -0.2) is 51.5 Å². The van der Waals surface area contributed by atoms with Crippen molar-refractivity contribution in [2.45, 2.75) is 51.4 Å². The molecule has 0 aromatic heterocycles. The number of aliphatic hydroxyl groups is 1. The molecule has 0 radical (unpaired) electrons. The Morgan fingerprint density at radius 2 is 2.05 bits per heavy atom. The van der Waals surface area contributed by atoms with Gasteiger partial charge in [0.1, 0.15) is 5.60 Å². The third kappa shape index (κ3) is 2.83. The monoisotopic (exact) mass is 271 g/mol. The molecule has 1 saturated carbocycles. The molecule has 2 aliphatic heterocycles. The third-order valence-electron chi connectivity index (χ3n) is 3.82. The highest BCUT2D eigenvalue weighted by molar-refractivity contribution is 5.70. The van der Waals surface area contributed by atoms with E-state index in [-0.39, 0.29) is 30.4 Å². The third-order valence-corrected chi connectivity index (χ3v) is 3.82. The van der Waals surface area contributed by atoms with Gasteiger partial charge in [-0.1, -0.05) is 0 Å². The number of aliphatic hydroxyl groups excluding tert-OH is 1. The van der Waals surface area contributed by atoms with Crippen LogP contribution in [0, 0.1) is 11.8 Å². The molecule has 2 heterocycles. The van der Waals surface area contributed by atoms with Gasteiger partial charge in [-0.05, 0) is 33.1 Å². The number of ether oxygens (including phenoxy) is 1. The number of hydrogen-bond acceptors (Lipinski definition) is 4. The van der Waals surface area contributed by atoms with Gasteiger partial charge in [-0.3, -0.25) is 4.79 Å². The largest absolute Gasteiger partial charge is 0.481 e. The topological polar surface area (TPSA) is 87.1 Å². The molecule has 2 saturated heterocycles. The van der Waals surface area contributed by atoms with Crippen molar-refractivity contribution in [2.24, 2.45) is 11.8 Å². The van der Waals surface area contributed by atoms with E-state index in [1.54, 1.807) is 4.90 Å². The van der Waals surface area contributed by atoms with Crippen LogP contribution in [0.4, 0.5) is 4.79 Å². The zero-order chi connectivity index (χ0) is 14.4. The Hall–Kier alpha value is -1.30. The van der Waals surface area contributed by atoms with Gasteiger partial charge in [-0.25, -0.2) is 4.79 Å². The highest BCUT2D eigenvalue weighted by Gasteiger charge is 2.57. The number of carbonyl (C=O) groups excluding carboxylic acids is 1. The van der Waals surface area contributed by atoms with Gasteiger partial charge < -0.3 is 19.8 Å². The first-order valence-electron chi connectivity index (χ1n) is 6.58. The first-order valence-corrected chi connectivity index (χ1v) is 6.58. The Bertz CT molecular complexity index is 389. The van der Waals surface area contributed by atoms with Gasteiger partial charge in [0.15, 0.2) is 0 Å². The minimum absolute atomic E-state index is 0.0748. The fourth-order valence-corrected chi connectivity index (χ4v) is 3.08. The highest BCUT2D eigenvalue weighted by atomic mass is 16.6. The van der Waals surface area contributed by atoms with Crippen molar-refractivity contribution < 1.29 is 24.5 Å². The quantitative estimate of drug-likeness (QED) is 0.802. The number of carboxylic acid groups (broad SMARTS) is 1. The lowest BCUT2D eigenvalue weighted by molar-refractivity contribution is -0.141. The smallest absolute Gasteiger partial charge is 0.410 e. The van der Waals surface area contributed by atoms with E-state index in [9.17, 15) is 14.7 Å². The van der Waals surface area contributed by atoms with E-state index < -0.39 is 17.7 Å². The number of nitrogens with zero attached hydrogens (tertiary/aromatic N) is 1. The molecule has 3 fully saturated rings. The normalized spacial score (nSPS) is 30.7. The summed E-state index contributed by atoms with van der Waals surface area (Å²) in [6.07, 6.45) is -0.681. The molecule has 108 valence electrons. The maximum Gasteiger partial charge on any atom is 0.410 e. The first kappa shape index (κ1) is 14.1. The van der Waals surface area contributed by atoms with E-state index in [1.807, 2.05) is 20.8 Å². The summed E-state index contributed by atoms with van der Waals surface area (Å²) in [4.78, 5) is 24.3. The zero-order valence-electron chi connectivity index (χ0n) is 11.5. The average Bonchev–Trinajstić information content (AvgIpc) is 2.69. The summed E-state index contributed by atoms with van der Waals surface area (Å²) in [5, 5.41) is 18.6. The zero-order valence-corrected chi connectivity index (χ0v) is 11.5. The van der Waals surface area contributed by atoms with Crippen molar-refractivity contribution in [3.8, 4) is 0 Å². The summed E-state index contributed by atoms with van der Waals surface area (Å²) in [6, 6.07) is -0.0748. The summed E-state index contributed by atoms with van der Waals surface area (Å²) in [6.45, 7) is 5.98. The van der Waals surface area contributed by atoms with Gasteiger partial charge in [0, 0.05) is 18.5 Å². The molecule has 0 aromatic rings. The van der Waals surface area contributed by atoms with Crippen LogP contribution in [0.1, 0.15) is 33.6 Å². The predicted octanol–water partition coefficient (Wildman–Crippen LogP) is 1.08. The van der Waals surface area contributed by atoms with E-state index in [2.05, 4.69) is 0 Å². The minimum atomic E-state index is -1.01. The molecule has 19 heavy (non-hydrogen) atoms. The van der Waals surface area contributed by atoms with E-state index in [1.165, 1.54) is 0 Å². The van der Waals surface area contributed by atoms with Gasteiger partial charge in [0.05, 0.1) is 12.5 Å². The molecular formula is C13H21NO5. The molecule has 6 nitrogen and oxygen atoms in total. The minimum Gasteiger partial charge on any atom is -0.481 e. The van der Waals surface area contributed by atoms with Crippen molar-refractivity contribution in [1.82, 2.24) is 4.90 Å². The van der Waals surface area contributed by atoms with Crippen LogP contribution in [0.2, 0.25) is 0 Å². The van der Waals surface area contributed by atoms with Crippen LogP contribution in [0.3, 0.4) is 0 Å². The SMILES string of the molecule is CC(C)(C)OC(=O)N1C[C@@H]2C[C@H]1C2[C@@H](O)CC(=O)O. The van der Waals surface area contributed by atoms with Gasteiger partial charge in [0.25, 0.3) is 0 Å². The van der Waals surface area contributed by atoms with Crippen molar-refractivity contribution in [2.75, 3.05) is 6.54 Å². The highest BCUT2D eigenvalue weighted by Crippen LogP contribution is 2.48. The maximum atomic E-state index is 12.0. The van der Waals surface area contributed by atoms with Gasteiger partial charge in [0.2, 0.25) is 0 Å². The number of amides is 1. The van der Waals surface area contributed by atoms with E-state index in [4.69, 9.17) is 9.84 Å². The van der Waals surface area contributed by atoms with Gasteiger partial charge >= 0.3 is 12.1 Å². The van der Waals surface area contributed by atoms with Crippen molar-refractivity contribution in [1.29, 1.82) is 0 Å². The molecule has 0 aromatic carbocycles. The fourth-order valence-electron chi connectivity index (χ4n) is 3.08. The van der Waals surface area contributed by atoms with Crippen molar-refractivity contribution >= 4 is 12.1 Å². The number of hydrogen-bond donors (Lipinski definition) is 2. The van der Waals surface area contributed by atoms with Gasteiger partial charge in [-0.2, -0.15) is 0 Å².